The summed E-state index contributed by atoms with van der Waals surface area (Å²) in [7, 11) is 0. The number of hydrogen-bond donors (Lipinski definition) is 2. The zero-order valence-corrected chi connectivity index (χ0v) is 17.3. The molecule has 0 aliphatic rings. The van der Waals surface area contributed by atoms with Gasteiger partial charge in [0.05, 0.1) is 0 Å². The Morgan fingerprint density at radius 3 is 0.455 bits per heavy atom. The minimum Gasteiger partial charge on any atom is -0.296 e. The summed E-state index contributed by atoms with van der Waals surface area (Å²) in [5.41, 5.74) is 0. The molecule has 0 spiro atoms. The van der Waals surface area contributed by atoms with E-state index in [-0.39, 0.29) is 0 Å². The molecule has 22 heavy (non-hydrogen) atoms. The summed E-state index contributed by atoms with van der Waals surface area (Å²) in [4.78, 5) is 5.00. The maximum Gasteiger partial charge on any atom is 0.00439 e. The van der Waals surface area contributed by atoms with Crippen LogP contribution in [0.25, 0.3) is 0 Å². The van der Waals surface area contributed by atoms with E-state index in [9.17, 15) is 0 Å². The lowest BCUT2D eigenvalue weighted by Crippen LogP contribution is -2.42. The number of nitrogens with zero attached hydrogens (tertiary/aromatic N) is 2. The summed E-state index contributed by atoms with van der Waals surface area (Å²) < 4.78 is 0. The smallest absolute Gasteiger partial charge is 0.00439 e. The molecule has 138 valence electrons. The first kappa shape index (κ1) is 26.7. The molecular weight excluding hydrogens is 276 g/mol. The van der Waals surface area contributed by atoms with E-state index in [1.165, 1.54) is 0 Å². The van der Waals surface area contributed by atoms with Crippen molar-refractivity contribution in [2.75, 3.05) is 0 Å². The lowest BCUT2D eigenvalue weighted by molar-refractivity contribution is -0.176. The van der Waals surface area contributed by atoms with E-state index in [2.05, 4.69) is 92.9 Å². The minimum atomic E-state index is 0.667. The van der Waals surface area contributed by atoms with Crippen molar-refractivity contribution in [3.05, 3.63) is 0 Å². The summed E-state index contributed by atoms with van der Waals surface area (Å²) in [6, 6.07) is 4.00. The van der Waals surface area contributed by atoms with Gasteiger partial charge < -0.3 is 0 Å². The molecule has 0 aliphatic carbocycles. The summed E-state index contributed by atoms with van der Waals surface area (Å²) >= 11 is 0. The lowest BCUT2D eigenvalue weighted by Gasteiger charge is -2.34. The second-order valence-corrected chi connectivity index (χ2v) is 7.46. The van der Waals surface area contributed by atoms with Gasteiger partial charge in [-0.3, -0.25) is 20.3 Å². The first-order valence-corrected chi connectivity index (χ1v) is 8.68. The standard InChI is InChI=1S/2C9H21N.H2O2/c2*1-7(2)10(8(3)4)9(5)6;1-2/h2*7-9H,1-6H3;1-2H. The van der Waals surface area contributed by atoms with Crippen LogP contribution >= 0.6 is 0 Å². The summed E-state index contributed by atoms with van der Waals surface area (Å²) in [5, 5.41) is 12.0. The van der Waals surface area contributed by atoms with Crippen LogP contribution in [-0.4, -0.2) is 56.6 Å². The van der Waals surface area contributed by atoms with Crippen LogP contribution in [0.3, 0.4) is 0 Å². The third-order valence-corrected chi connectivity index (χ3v) is 3.58. The van der Waals surface area contributed by atoms with Crippen LogP contribution < -0.4 is 0 Å². The van der Waals surface area contributed by atoms with Gasteiger partial charge in [0.1, 0.15) is 0 Å². The van der Waals surface area contributed by atoms with Crippen LogP contribution in [0.4, 0.5) is 0 Å². The fourth-order valence-corrected chi connectivity index (χ4v) is 3.58. The van der Waals surface area contributed by atoms with Crippen molar-refractivity contribution < 1.29 is 10.5 Å². The predicted molar refractivity (Wildman–Crippen MR) is 99.8 cm³/mol. The van der Waals surface area contributed by atoms with E-state index in [1.54, 1.807) is 0 Å². The summed E-state index contributed by atoms with van der Waals surface area (Å²) in [5.74, 6) is 0. The third kappa shape index (κ3) is 12.4. The second-order valence-electron chi connectivity index (χ2n) is 7.46. The van der Waals surface area contributed by atoms with Gasteiger partial charge in [0, 0.05) is 36.3 Å². The quantitative estimate of drug-likeness (QED) is 0.531. The molecule has 0 saturated carbocycles. The Kier molecular flexibility index (Phi) is 17.5. The van der Waals surface area contributed by atoms with Crippen LogP contribution in [0, 0.1) is 0 Å². The molecule has 4 nitrogen and oxygen atoms in total. The molecule has 0 unspecified atom stereocenters. The Labute approximate surface area is 140 Å². The Morgan fingerprint density at radius 2 is 0.455 bits per heavy atom. The van der Waals surface area contributed by atoms with Gasteiger partial charge in [0.15, 0.2) is 0 Å². The highest BCUT2D eigenvalue weighted by Gasteiger charge is 2.16. The maximum atomic E-state index is 6.00. The van der Waals surface area contributed by atoms with E-state index in [0.717, 1.165) is 0 Å². The third-order valence-electron chi connectivity index (χ3n) is 3.58. The average Bonchev–Trinajstić information content (AvgIpc) is 2.28. The van der Waals surface area contributed by atoms with E-state index >= 15 is 0 Å². The van der Waals surface area contributed by atoms with Crippen molar-refractivity contribution in [2.24, 2.45) is 0 Å². The SMILES string of the molecule is CC(C)N(C(C)C)C(C)C.CC(C)N(C(C)C)C(C)C.OO. The fraction of sp³-hybridized carbons (Fsp3) is 1.00. The Bertz CT molecular complexity index is 165. The molecule has 0 aromatic carbocycles. The molecule has 4 heteroatoms. The molecule has 0 rings (SSSR count). The molecule has 2 N–H and O–H groups in total. The van der Waals surface area contributed by atoms with E-state index in [1.807, 2.05) is 0 Å². The average molecular weight is 321 g/mol. The van der Waals surface area contributed by atoms with Gasteiger partial charge in [-0.15, -0.1) is 0 Å². The van der Waals surface area contributed by atoms with Gasteiger partial charge in [-0.25, -0.2) is 0 Å². The van der Waals surface area contributed by atoms with Crippen molar-refractivity contribution in [2.45, 2.75) is 119 Å². The van der Waals surface area contributed by atoms with Crippen LogP contribution in [-0.2, 0) is 0 Å². The molecular formula is C18H44N2O2. The van der Waals surface area contributed by atoms with Gasteiger partial charge in [-0.05, 0) is 83.1 Å². The Hall–Kier alpha value is -0.160. The molecule has 0 aliphatic heterocycles. The first-order valence-electron chi connectivity index (χ1n) is 8.68. The molecule has 0 saturated heterocycles. The van der Waals surface area contributed by atoms with Gasteiger partial charge >= 0.3 is 0 Å². The number of hydrogen-bond acceptors (Lipinski definition) is 4. The molecule has 0 aromatic heterocycles. The van der Waals surface area contributed by atoms with E-state index < -0.39 is 0 Å². The molecule has 0 aromatic rings. The van der Waals surface area contributed by atoms with Gasteiger partial charge in [-0.2, -0.15) is 0 Å². The Balaban J connectivity index is -0.000000294. The highest BCUT2D eigenvalue weighted by Crippen LogP contribution is 2.09. The van der Waals surface area contributed by atoms with E-state index in [4.69, 9.17) is 10.5 Å². The lowest BCUT2D eigenvalue weighted by atomic mass is 10.2. The van der Waals surface area contributed by atoms with Gasteiger partial charge in [-0.1, -0.05) is 0 Å². The maximum absolute atomic E-state index is 6.00. The summed E-state index contributed by atoms with van der Waals surface area (Å²) in [6.45, 7) is 27.0. The number of rotatable bonds is 6. The first-order chi connectivity index (χ1) is 9.93. The monoisotopic (exact) mass is 320 g/mol. The van der Waals surface area contributed by atoms with Crippen LogP contribution in [0.1, 0.15) is 83.1 Å². The van der Waals surface area contributed by atoms with Crippen LogP contribution in [0.15, 0.2) is 0 Å². The van der Waals surface area contributed by atoms with Crippen molar-refractivity contribution in [3.63, 3.8) is 0 Å². The fourth-order valence-electron chi connectivity index (χ4n) is 3.58. The molecule has 0 fully saturated rings. The van der Waals surface area contributed by atoms with Crippen molar-refractivity contribution >= 4 is 0 Å². The zero-order chi connectivity index (χ0) is 18.6. The van der Waals surface area contributed by atoms with Crippen LogP contribution in [0.2, 0.25) is 0 Å². The van der Waals surface area contributed by atoms with Crippen molar-refractivity contribution in [3.8, 4) is 0 Å². The topological polar surface area (TPSA) is 46.9 Å². The zero-order valence-electron chi connectivity index (χ0n) is 17.3. The van der Waals surface area contributed by atoms with Gasteiger partial charge in [0.25, 0.3) is 0 Å². The molecule has 0 atom stereocenters. The Morgan fingerprint density at radius 1 is 0.364 bits per heavy atom. The van der Waals surface area contributed by atoms with Crippen molar-refractivity contribution in [1.82, 2.24) is 9.80 Å². The minimum absolute atomic E-state index is 0.667. The molecule has 0 amide bonds. The normalized spacial score (nSPS) is 11.7. The van der Waals surface area contributed by atoms with Gasteiger partial charge in [0.2, 0.25) is 0 Å². The van der Waals surface area contributed by atoms with E-state index in [0.29, 0.717) is 36.3 Å². The predicted octanol–water partition coefficient (Wildman–Crippen LogP) is 5.04. The van der Waals surface area contributed by atoms with Crippen LogP contribution in [0.5, 0.6) is 0 Å². The molecule has 0 heterocycles. The molecule has 0 radical (unpaired) electrons. The largest absolute Gasteiger partial charge is 0.296 e. The van der Waals surface area contributed by atoms with Crippen molar-refractivity contribution in [1.29, 1.82) is 0 Å². The summed E-state index contributed by atoms with van der Waals surface area (Å²) in [6.07, 6.45) is 0. The second kappa shape index (κ2) is 14.4. The highest BCUT2D eigenvalue weighted by molar-refractivity contribution is 4.71. The highest BCUT2D eigenvalue weighted by atomic mass is 17.0. The molecule has 0 bridgehead atoms.